The van der Waals surface area contributed by atoms with Gasteiger partial charge in [-0.1, -0.05) is 13.3 Å². The van der Waals surface area contributed by atoms with E-state index in [1.54, 1.807) is 18.7 Å². The van der Waals surface area contributed by atoms with Crippen molar-refractivity contribution in [3.05, 3.63) is 17.0 Å². The van der Waals surface area contributed by atoms with Crippen LogP contribution in [0, 0.1) is 19.8 Å². The number of carboxylic acids is 1. The summed E-state index contributed by atoms with van der Waals surface area (Å²) in [4.78, 5) is 23.1. The Balaban J connectivity index is 2.72. The fraction of sp³-hybridized carbons (Fsp3) is 0.615. The third-order valence-corrected chi connectivity index (χ3v) is 3.23. The Morgan fingerprint density at radius 1 is 1.42 bits per heavy atom. The summed E-state index contributed by atoms with van der Waals surface area (Å²) in [6.45, 7) is 5.65. The zero-order valence-corrected chi connectivity index (χ0v) is 11.9. The zero-order chi connectivity index (χ0) is 14.6. The normalized spacial score (nSPS) is 12.2. The first kappa shape index (κ1) is 15.2. The van der Waals surface area contributed by atoms with E-state index in [9.17, 15) is 9.59 Å². The van der Waals surface area contributed by atoms with Crippen LogP contribution < -0.4 is 5.32 Å². The lowest BCUT2D eigenvalue weighted by Crippen LogP contribution is -2.33. The van der Waals surface area contributed by atoms with Gasteiger partial charge in [0.25, 0.3) is 5.91 Å². The lowest BCUT2D eigenvalue weighted by atomic mass is 10.0. The third kappa shape index (κ3) is 3.56. The predicted molar refractivity (Wildman–Crippen MR) is 71.0 cm³/mol. The molecule has 6 nitrogen and oxygen atoms in total. The molecule has 1 amide bonds. The van der Waals surface area contributed by atoms with E-state index in [2.05, 4.69) is 10.4 Å². The van der Waals surface area contributed by atoms with Gasteiger partial charge < -0.3 is 10.4 Å². The smallest absolute Gasteiger partial charge is 0.308 e. The fourth-order valence-corrected chi connectivity index (χ4v) is 2.07. The summed E-state index contributed by atoms with van der Waals surface area (Å²) in [6.07, 6.45) is 1.33. The highest BCUT2D eigenvalue weighted by molar-refractivity contribution is 5.96. The molecule has 0 aliphatic heterocycles. The molecular formula is C13H21N3O3. The van der Waals surface area contributed by atoms with Crippen molar-refractivity contribution in [2.24, 2.45) is 13.0 Å². The van der Waals surface area contributed by atoms with E-state index >= 15 is 0 Å². The fourth-order valence-electron chi connectivity index (χ4n) is 2.07. The molecule has 2 N–H and O–H groups in total. The van der Waals surface area contributed by atoms with E-state index in [1.165, 1.54) is 0 Å². The van der Waals surface area contributed by atoms with Crippen molar-refractivity contribution in [2.75, 3.05) is 6.54 Å². The number of carboxylic acid groups (broad SMARTS) is 1. The highest BCUT2D eigenvalue weighted by Gasteiger charge is 2.21. The SMILES string of the molecule is CCCC(CNC(=O)c1c(C)nn(C)c1C)C(=O)O. The quantitative estimate of drug-likeness (QED) is 0.813. The van der Waals surface area contributed by atoms with Crippen molar-refractivity contribution >= 4 is 11.9 Å². The molecule has 0 saturated heterocycles. The molecule has 0 bridgehead atoms. The van der Waals surface area contributed by atoms with Crippen LogP contribution in [-0.2, 0) is 11.8 Å². The molecule has 0 saturated carbocycles. The Morgan fingerprint density at radius 2 is 2.05 bits per heavy atom. The minimum absolute atomic E-state index is 0.149. The van der Waals surface area contributed by atoms with Crippen LogP contribution in [0.2, 0.25) is 0 Å². The number of carbonyl (C=O) groups excluding carboxylic acids is 1. The van der Waals surface area contributed by atoms with Crippen LogP contribution in [0.5, 0.6) is 0 Å². The van der Waals surface area contributed by atoms with Gasteiger partial charge in [0, 0.05) is 19.3 Å². The molecule has 1 unspecified atom stereocenters. The highest BCUT2D eigenvalue weighted by atomic mass is 16.4. The number of aryl methyl sites for hydroxylation is 2. The molecule has 1 heterocycles. The Hall–Kier alpha value is -1.85. The van der Waals surface area contributed by atoms with Gasteiger partial charge in [-0.2, -0.15) is 5.10 Å². The van der Waals surface area contributed by atoms with Crippen LogP contribution in [-0.4, -0.2) is 33.3 Å². The second-order valence-electron chi connectivity index (χ2n) is 4.70. The minimum Gasteiger partial charge on any atom is -0.481 e. The van der Waals surface area contributed by atoms with Crippen LogP contribution in [0.1, 0.15) is 41.5 Å². The van der Waals surface area contributed by atoms with Crippen molar-refractivity contribution in [2.45, 2.75) is 33.6 Å². The van der Waals surface area contributed by atoms with Gasteiger partial charge in [-0.15, -0.1) is 0 Å². The summed E-state index contributed by atoms with van der Waals surface area (Å²) in [5, 5.41) is 15.9. The van der Waals surface area contributed by atoms with Gasteiger partial charge in [0.05, 0.1) is 17.2 Å². The van der Waals surface area contributed by atoms with Crippen LogP contribution in [0.25, 0.3) is 0 Å². The van der Waals surface area contributed by atoms with Crippen molar-refractivity contribution in [1.29, 1.82) is 0 Å². The maximum Gasteiger partial charge on any atom is 0.308 e. The second-order valence-corrected chi connectivity index (χ2v) is 4.70. The van der Waals surface area contributed by atoms with E-state index in [1.807, 2.05) is 13.8 Å². The number of hydrogen-bond acceptors (Lipinski definition) is 3. The van der Waals surface area contributed by atoms with Gasteiger partial charge in [-0.05, 0) is 20.3 Å². The maximum absolute atomic E-state index is 12.1. The van der Waals surface area contributed by atoms with Gasteiger partial charge in [-0.3, -0.25) is 14.3 Å². The summed E-state index contributed by atoms with van der Waals surface area (Å²) in [5.74, 6) is -1.67. The van der Waals surface area contributed by atoms with Crippen LogP contribution in [0.3, 0.4) is 0 Å². The average Bonchev–Trinajstić information content (AvgIpc) is 2.58. The Morgan fingerprint density at radius 3 is 2.47 bits per heavy atom. The number of aromatic nitrogens is 2. The molecule has 0 aromatic carbocycles. The van der Waals surface area contributed by atoms with Gasteiger partial charge in [0.1, 0.15) is 0 Å². The van der Waals surface area contributed by atoms with Crippen molar-refractivity contribution in [1.82, 2.24) is 15.1 Å². The minimum atomic E-state index is -0.873. The van der Waals surface area contributed by atoms with E-state index in [4.69, 9.17) is 5.11 Å². The number of nitrogens with one attached hydrogen (secondary N) is 1. The van der Waals surface area contributed by atoms with Gasteiger partial charge in [-0.25, -0.2) is 0 Å². The molecule has 0 radical (unpaired) electrons. The first-order valence-electron chi connectivity index (χ1n) is 6.39. The van der Waals surface area contributed by atoms with E-state index in [-0.39, 0.29) is 12.5 Å². The number of rotatable bonds is 6. The van der Waals surface area contributed by atoms with Gasteiger partial charge >= 0.3 is 5.97 Å². The molecule has 1 aromatic rings. The average molecular weight is 267 g/mol. The van der Waals surface area contributed by atoms with Crippen molar-refractivity contribution < 1.29 is 14.7 Å². The van der Waals surface area contributed by atoms with Crippen molar-refractivity contribution in [3.8, 4) is 0 Å². The Labute approximate surface area is 112 Å². The molecule has 1 rings (SSSR count). The van der Waals surface area contributed by atoms with E-state index in [0.717, 1.165) is 12.1 Å². The summed E-state index contributed by atoms with van der Waals surface area (Å²) >= 11 is 0. The topological polar surface area (TPSA) is 84.2 Å². The Bertz CT molecular complexity index is 480. The van der Waals surface area contributed by atoms with E-state index in [0.29, 0.717) is 17.7 Å². The second kappa shape index (κ2) is 6.36. The third-order valence-electron chi connectivity index (χ3n) is 3.23. The first-order valence-corrected chi connectivity index (χ1v) is 6.39. The highest BCUT2D eigenvalue weighted by Crippen LogP contribution is 2.12. The molecule has 19 heavy (non-hydrogen) atoms. The van der Waals surface area contributed by atoms with Gasteiger partial charge in [0.2, 0.25) is 0 Å². The lowest BCUT2D eigenvalue weighted by Gasteiger charge is -2.12. The molecule has 1 aromatic heterocycles. The number of nitrogens with zero attached hydrogens (tertiary/aromatic N) is 2. The number of amides is 1. The van der Waals surface area contributed by atoms with E-state index < -0.39 is 11.9 Å². The monoisotopic (exact) mass is 267 g/mol. The standard InChI is InChI=1S/C13H21N3O3/c1-5-6-10(13(18)19)7-14-12(17)11-8(2)15-16(4)9(11)3/h10H,5-7H2,1-4H3,(H,14,17)(H,18,19). The molecule has 106 valence electrons. The molecule has 0 spiro atoms. The largest absolute Gasteiger partial charge is 0.481 e. The summed E-state index contributed by atoms with van der Waals surface area (Å²) in [7, 11) is 1.77. The molecule has 6 heteroatoms. The molecule has 0 aliphatic carbocycles. The zero-order valence-electron chi connectivity index (χ0n) is 11.9. The summed E-state index contributed by atoms with van der Waals surface area (Å²) in [6, 6.07) is 0. The molecule has 0 fully saturated rings. The summed E-state index contributed by atoms with van der Waals surface area (Å²) in [5.41, 5.74) is 1.96. The maximum atomic E-state index is 12.1. The van der Waals surface area contributed by atoms with Crippen LogP contribution in [0.15, 0.2) is 0 Å². The van der Waals surface area contributed by atoms with Crippen molar-refractivity contribution in [3.63, 3.8) is 0 Å². The predicted octanol–water partition coefficient (Wildman–Crippen LogP) is 1.27. The Kier molecular flexibility index (Phi) is 5.09. The lowest BCUT2D eigenvalue weighted by molar-refractivity contribution is -0.141. The number of hydrogen-bond donors (Lipinski definition) is 2. The van der Waals surface area contributed by atoms with Crippen LogP contribution >= 0.6 is 0 Å². The molecule has 0 aliphatic rings. The molecular weight excluding hydrogens is 246 g/mol. The first-order chi connectivity index (χ1) is 8.88. The summed E-state index contributed by atoms with van der Waals surface area (Å²) < 4.78 is 1.64. The number of aliphatic carboxylic acids is 1. The van der Waals surface area contributed by atoms with Crippen LogP contribution in [0.4, 0.5) is 0 Å². The molecule has 1 atom stereocenters. The van der Waals surface area contributed by atoms with Gasteiger partial charge in [0.15, 0.2) is 0 Å². The number of carbonyl (C=O) groups is 2.